The van der Waals surface area contributed by atoms with Gasteiger partial charge in [0.1, 0.15) is 11.8 Å². The smallest absolute Gasteiger partial charge is 0.326 e. The van der Waals surface area contributed by atoms with Crippen molar-refractivity contribution in [3.8, 4) is 5.75 Å². The lowest BCUT2D eigenvalue weighted by molar-refractivity contribution is -0.139. The Morgan fingerprint density at radius 1 is 1.10 bits per heavy atom. The van der Waals surface area contributed by atoms with Crippen LogP contribution in [-0.2, 0) is 11.2 Å². The number of carboxylic acids is 1. The number of benzene rings is 2. The minimum absolute atomic E-state index is 0.132. The summed E-state index contributed by atoms with van der Waals surface area (Å²) < 4.78 is 5.75. The maximum absolute atomic E-state index is 12.4. The second-order valence-electron chi connectivity index (χ2n) is 7.70. The van der Waals surface area contributed by atoms with Crippen LogP contribution in [0.15, 0.2) is 61.0 Å². The van der Waals surface area contributed by atoms with E-state index in [0.29, 0.717) is 17.7 Å². The maximum Gasteiger partial charge on any atom is 0.326 e. The number of amides is 1. The van der Waals surface area contributed by atoms with Crippen molar-refractivity contribution in [2.45, 2.75) is 50.6 Å². The number of halogens is 1. The monoisotopic (exact) mass is 442 g/mol. The molecule has 0 saturated heterocycles. The summed E-state index contributed by atoms with van der Waals surface area (Å²) in [4.78, 5) is 24.1. The number of aliphatic carboxylic acids is 1. The van der Waals surface area contributed by atoms with Crippen molar-refractivity contribution in [3.63, 3.8) is 0 Å². The summed E-state index contributed by atoms with van der Waals surface area (Å²) >= 11 is 6.03. The lowest BCUT2D eigenvalue weighted by Gasteiger charge is -2.24. The summed E-state index contributed by atoms with van der Waals surface area (Å²) in [5, 5.41) is 15.7. The summed E-state index contributed by atoms with van der Waals surface area (Å²) in [7, 11) is 0. The van der Waals surface area contributed by atoms with Gasteiger partial charge in [-0.15, -0.1) is 0 Å². The molecule has 1 atom stereocenters. The van der Waals surface area contributed by atoms with Crippen molar-refractivity contribution >= 4 is 23.5 Å². The summed E-state index contributed by atoms with van der Waals surface area (Å²) in [6.07, 6.45) is 6.10. The van der Waals surface area contributed by atoms with Gasteiger partial charge in [0, 0.05) is 12.5 Å². The Balaban J connectivity index is 1.56. The lowest BCUT2D eigenvalue weighted by Crippen LogP contribution is -2.42. The molecular formula is C24H27ClN2O4. The number of ether oxygens (including phenoxy) is 1. The molecule has 7 heteroatoms. The summed E-state index contributed by atoms with van der Waals surface area (Å²) in [5.41, 5.74) is 0.994. The van der Waals surface area contributed by atoms with Crippen LogP contribution in [0.5, 0.6) is 5.75 Å². The van der Waals surface area contributed by atoms with Crippen LogP contribution in [0.2, 0.25) is 5.02 Å². The van der Waals surface area contributed by atoms with Crippen LogP contribution >= 0.6 is 11.6 Å². The molecular weight excluding hydrogens is 416 g/mol. The van der Waals surface area contributed by atoms with E-state index in [9.17, 15) is 14.7 Å². The molecule has 31 heavy (non-hydrogen) atoms. The third-order valence-corrected chi connectivity index (χ3v) is 5.63. The van der Waals surface area contributed by atoms with E-state index in [1.807, 2.05) is 0 Å². The highest BCUT2D eigenvalue weighted by Crippen LogP contribution is 2.20. The highest BCUT2D eigenvalue weighted by atomic mass is 35.5. The van der Waals surface area contributed by atoms with Crippen LogP contribution in [-0.4, -0.2) is 29.1 Å². The Bertz CT molecular complexity index is 923. The van der Waals surface area contributed by atoms with Gasteiger partial charge in [-0.1, -0.05) is 55.1 Å². The molecule has 1 aliphatic rings. The predicted octanol–water partition coefficient (Wildman–Crippen LogP) is 4.54. The van der Waals surface area contributed by atoms with E-state index < -0.39 is 17.9 Å². The van der Waals surface area contributed by atoms with Crippen molar-refractivity contribution in [3.05, 3.63) is 77.1 Å². The molecule has 0 aliphatic heterocycles. The summed E-state index contributed by atoms with van der Waals surface area (Å²) in [5.74, 6) is -0.520. The van der Waals surface area contributed by atoms with Gasteiger partial charge < -0.3 is 20.5 Å². The zero-order valence-corrected chi connectivity index (χ0v) is 18.0. The van der Waals surface area contributed by atoms with E-state index in [1.165, 1.54) is 19.3 Å². The molecule has 0 radical (unpaired) electrons. The van der Waals surface area contributed by atoms with Crippen molar-refractivity contribution in [1.29, 1.82) is 0 Å². The van der Waals surface area contributed by atoms with E-state index in [0.717, 1.165) is 18.4 Å². The molecule has 2 aromatic rings. The fourth-order valence-electron chi connectivity index (χ4n) is 3.66. The zero-order chi connectivity index (χ0) is 22.2. The largest absolute Gasteiger partial charge is 0.480 e. The van der Waals surface area contributed by atoms with Gasteiger partial charge in [0.15, 0.2) is 5.88 Å². The van der Waals surface area contributed by atoms with Crippen molar-refractivity contribution < 1.29 is 19.4 Å². The third kappa shape index (κ3) is 6.76. The Morgan fingerprint density at radius 3 is 2.42 bits per heavy atom. The second kappa shape index (κ2) is 10.9. The van der Waals surface area contributed by atoms with Crippen molar-refractivity contribution in [2.75, 3.05) is 0 Å². The van der Waals surface area contributed by atoms with Crippen LogP contribution in [0.3, 0.4) is 0 Å². The summed E-state index contributed by atoms with van der Waals surface area (Å²) in [6, 6.07) is 12.9. The van der Waals surface area contributed by atoms with Gasteiger partial charge in [-0.05, 0) is 49.2 Å². The molecule has 1 fully saturated rings. The fourth-order valence-corrected chi connectivity index (χ4v) is 3.88. The standard InChI is InChI=1S/C24H27ClN2O4/c1-16(26-18-7-3-2-4-8-18)31-19-13-11-17(12-14-19)15-22(24(29)30)27-23(28)20-9-5-6-10-21(20)25/h5-6,9-14,18,22,26H,1-4,7-8,15H2,(H,27,28)(H,29,30). The predicted molar refractivity (Wildman–Crippen MR) is 120 cm³/mol. The average molecular weight is 443 g/mol. The number of carbonyl (C=O) groups is 2. The van der Waals surface area contributed by atoms with Gasteiger partial charge in [-0.25, -0.2) is 4.79 Å². The number of hydrogen-bond donors (Lipinski definition) is 3. The highest BCUT2D eigenvalue weighted by molar-refractivity contribution is 6.33. The molecule has 6 nitrogen and oxygen atoms in total. The minimum atomic E-state index is -1.12. The molecule has 3 N–H and O–H groups in total. The normalized spacial score (nSPS) is 15.0. The highest BCUT2D eigenvalue weighted by Gasteiger charge is 2.22. The third-order valence-electron chi connectivity index (χ3n) is 5.30. The molecule has 0 heterocycles. The minimum Gasteiger partial charge on any atom is -0.480 e. The van der Waals surface area contributed by atoms with Crippen LogP contribution in [0.4, 0.5) is 0 Å². The van der Waals surface area contributed by atoms with Crippen molar-refractivity contribution in [1.82, 2.24) is 10.6 Å². The number of carbonyl (C=O) groups excluding carboxylic acids is 1. The fraction of sp³-hybridized carbons (Fsp3) is 0.333. The van der Waals surface area contributed by atoms with Gasteiger partial charge in [-0.2, -0.15) is 0 Å². The first-order valence-electron chi connectivity index (χ1n) is 10.4. The SMILES string of the molecule is C=C(NC1CCCCC1)Oc1ccc(CC(NC(=O)c2ccccc2Cl)C(=O)O)cc1. The van der Waals surface area contributed by atoms with E-state index >= 15 is 0 Å². The molecule has 1 unspecified atom stereocenters. The Labute approximate surface area is 187 Å². The molecule has 1 amide bonds. The van der Waals surface area contributed by atoms with E-state index in [2.05, 4.69) is 17.2 Å². The number of carboxylic acid groups (broad SMARTS) is 1. The van der Waals surface area contributed by atoms with Gasteiger partial charge in [0.2, 0.25) is 0 Å². The molecule has 0 spiro atoms. The van der Waals surface area contributed by atoms with Crippen LogP contribution in [0, 0.1) is 0 Å². The Kier molecular flexibility index (Phi) is 7.95. The van der Waals surface area contributed by atoms with Gasteiger partial charge in [0.05, 0.1) is 10.6 Å². The van der Waals surface area contributed by atoms with E-state index in [-0.39, 0.29) is 17.0 Å². The van der Waals surface area contributed by atoms with Crippen LogP contribution in [0.1, 0.15) is 48.0 Å². The van der Waals surface area contributed by atoms with Gasteiger partial charge in [-0.3, -0.25) is 4.79 Å². The van der Waals surface area contributed by atoms with Gasteiger partial charge >= 0.3 is 5.97 Å². The second-order valence-corrected chi connectivity index (χ2v) is 8.10. The first-order valence-corrected chi connectivity index (χ1v) is 10.8. The Hall–Kier alpha value is -2.99. The molecule has 0 bridgehead atoms. The quantitative estimate of drug-likeness (QED) is 0.496. The molecule has 1 saturated carbocycles. The molecule has 1 aliphatic carbocycles. The first kappa shape index (κ1) is 22.7. The van der Waals surface area contributed by atoms with Crippen LogP contribution < -0.4 is 15.4 Å². The first-order chi connectivity index (χ1) is 14.9. The maximum atomic E-state index is 12.4. The van der Waals surface area contributed by atoms with Crippen LogP contribution in [0.25, 0.3) is 0 Å². The molecule has 0 aromatic heterocycles. The number of nitrogens with one attached hydrogen (secondary N) is 2. The molecule has 3 rings (SSSR count). The lowest BCUT2D eigenvalue weighted by atomic mass is 9.96. The Morgan fingerprint density at radius 2 is 1.77 bits per heavy atom. The molecule has 164 valence electrons. The average Bonchev–Trinajstić information content (AvgIpc) is 2.75. The molecule has 2 aromatic carbocycles. The van der Waals surface area contributed by atoms with E-state index in [4.69, 9.17) is 16.3 Å². The topological polar surface area (TPSA) is 87.7 Å². The van der Waals surface area contributed by atoms with Crippen molar-refractivity contribution in [2.24, 2.45) is 0 Å². The zero-order valence-electron chi connectivity index (χ0n) is 17.3. The van der Waals surface area contributed by atoms with Gasteiger partial charge in [0.25, 0.3) is 5.91 Å². The number of hydrogen-bond acceptors (Lipinski definition) is 4. The summed E-state index contributed by atoms with van der Waals surface area (Å²) in [6.45, 7) is 3.94. The number of rotatable bonds is 9. The van der Waals surface area contributed by atoms with E-state index in [1.54, 1.807) is 48.5 Å².